The van der Waals surface area contributed by atoms with Crippen molar-refractivity contribution >= 4 is 17.9 Å². The summed E-state index contributed by atoms with van der Waals surface area (Å²) >= 11 is 0. The number of hydrogen-bond donors (Lipinski definition) is 0. The molecule has 0 aromatic heterocycles. The summed E-state index contributed by atoms with van der Waals surface area (Å²) in [7, 11) is 0. The van der Waals surface area contributed by atoms with Crippen LogP contribution in [0.1, 0.15) is 168 Å². The zero-order chi connectivity index (χ0) is 36.6. The summed E-state index contributed by atoms with van der Waals surface area (Å²) in [5, 5.41) is 0. The van der Waals surface area contributed by atoms with Crippen molar-refractivity contribution < 1.29 is 28.6 Å². The Morgan fingerprint density at radius 1 is 0.440 bits per heavy atom. The molecule has 284 valence electrons. The second kappa shape index (κ2) is 38.6. The van der Waals surface area contributed by atoms with E-state index >= 15 is 0 Å². The Morgan fingerprint density at radius 3 is 1.42 bits per heavy atom. The molecule has 0 amide bonds. The van der Waals surface area contributed by atoms with E-state index in [-0.39, 0.29) is 31.6 Å². The summed E-state index contributed by atoms with van der Waals surface area (Å²) < 4.78 is 16.4. The van der Waals surface area contributed by atoms with Gasteiger partial charge in [0.2, 0.25) is 0 Å². The van der Waals surface area contributed by atoms with Gasteiger partial charge >= 0.3 is 17.9 Å². The number of carbonyl (C=O) groups excluding carboxylic acids is 3. The molecule has 0 rings (SSSR count). The average molecular weight is 697 g/mol. The minimum atomic E-state index is -0.812. The van der Waals surface area contributed by atoms with Gasteiger partial charge in [-0.1, -0.05) is 151 Å². The van der Waals surface area contributed by atoms with E-state index in [0.717, 1.165) is 96.3 Å². The van der Waals surface area contributed by atoms with Crippen LogP contribution in [-0.4, -0.2) is 37.2 Å². The number of hydrogen-bond acceptors (Lipinski definition) is 6. The van der Waals surface area contributed by atoms with Crippen LogP contribution >= 0.6 is 0 Å². The minimum Gasteiger partial charge on any atom is -0.462 e. The van der Waals surface area contributed by atoms with Crippen LogP contribution in [-0.2, 0) is 28.6 Å². The molecule has 0 saturated heterocycles. The van der Waals surface area contributed by atoms with Gasteiger partial charge < -0.3 is 14.2 Å². The van der Waals surface area contributed by atoms with Crippen LogP contribution in [0.3, 0.4) is 0 Å². The number of unbranched alkanes of at least 4 members (excludes halogenated alkanes) is 12. The fourth-order valence-electron chi connectivity index (χ4n) is 4.98. The number of ether oxygens (including phenoxy) is 3. The highest BCUT2D eigenvalue weighted by Gasteiger charge is 2.19. The van der Waals surface area contributed by atoms with Crippen LogP contribution in [0, 0.1) is 0 Å². The maximum Gasteiger partial charge on any atom is 0.309 e. The Kier molecular flexibility index (Phi) is 36.2. The monoisotopic (exact) mass is 697 g/mol. The van der Waals surface area contributed by atoms with Crippen molar-refractivity contribution in [2.24, 2.45) is 0 Å². The Hall–Kier alpha value is -3.15. The first-order valence-corrected chi connectivity index (χ1v) is 19.9. The lowest BCUT2D eigenvalue weighted by molar-refractivity contribution is -0.166. The van der Waals surface area contributed by atoms with Gasteiger partial charge in [0.15, 0.2) is 6.10 Å². The van der Waals surface area contributed by atoms with Gasteiger partial charge in [-0.3, -0.25) is 14.4 Å². The van der Waals surface area contributed by atoms with Crippen LogP contribution < -0.4 is 0 Å². The number of carbonyl (C=O) groups is 3. The molecule has 6 heteroatoms. The maximum absolute atomic E-state index is 12.6. The van der Waals surface area contributed by atoms with E-state index in [1.165, 1.54) is 32.1 Å². The molecule has 0 N–H and O–H groups in total. The maximum atomic E-state index is 12.6. The standard InChI is InChI=1S/C44H72O6/c1-4-7-10-13-15-17-19-21-22-23-25-26-28-31-34-37-43(46)49-40-41(39-48-42(45)36-33-30-12-9-6-3)50-44(47)38-35-32-29-27-24-20-18-16-14-11-8-5-2/h7,10,15-18,21-22,25-26,31,34,41H,4-6,8-9,11-14,19-20,23-24,27-30,32-33,35-40H2,1-3H3/b10-7-,17-15-,18-16-,22-21-,26-25-,34-31-. The van der Waals surface area contributed by atoms with Gasteiger partial charge in [0, 0.05) is 12.8 Å². The van der Waals surface area contributed by atoms with E-state index in [4.69, 9.17) is 14.2 Å². The first-order chi connectivity index (χ1) is 24.5. The molecule has 0 aliphatic heterocycles. The van der Waals surface area contributed by atoms with Gasteiger partial charge in [-0.05, 0) is 70.6 Å². The van der Waals surface area contributed by atoms with E-state index in [2.05, 4.69) is 81.5 Å². The molecule has 0 aromatic rings. The summed E-state index contributed by atoms with van der Waals surface area (Å²) in [5.74, 6) is -1.08. The fraction of sp³-hybridized carbons (Fsp3) is 0.659. The van der Waals surface area contributed by atoms with Crippen molar-refractivity contribution in [3.05, 3.63) is 72.9 Å². The number of allylic oxidation sites excluding steroid dienone is 11. The summed E-state index contributed by atoms with van der Waals surface area (Å²) in [5.41, 5.74) is 0. The highest BCUT2D eigenvalue weighted by atomic mass is 16.6. The quantitative estimate of drug-likeness (QED) is 0.0288. The van der Waals surface area contributed by atoms with E-state index in [1.54, 1.807) is 6.08 Å². The Morgan fingerprint density at radius 2 is 0.860 bits per heavy atom. The van der Waals surface area contributed by atoms with Gasteiger partial charge in [0.1, 0.15) is 13.2 Å². The molecule has 0 radical (unpaired) electrons. The van der Waals surface area contributed by atoms with Gasteiger partial charge in [-0.25, -0.2) is 0 Å². The SMILES string of the molecule is CC/C=C\C/C=C\C/C=C\C/C=C\C/C=C\CC(=O)OCC(COC(=O)CCCCCCC)OC(=O)CCCCCCC/C=C\CCCCC. The molecule has 0 heterocycles. The first-order valence-electron chi connectivity index (χ1n) is 19.9. The molecule has 0 saturated carbocycles. The molecule has 0 bridgehead atoms. The second-order valence-corrected chi connectivity index (χ2v) is 12.8. The smallest absolute Gasteiger partial charge is 0.309 e. The lowest BCUT2D eigenvalue weighted by Crippen LogP contribution is -2.30. The largest absolute Gasteiger partial charge is 0.462 e. The predicted octanol–water partition coefficient (Wildman–Crippen LogP) is 12.4. The molecule has 1 atom stereocenters. The van der Waals surface area contributed by atoms with Gasteiger partial charge in [-0.15, -0.1) is 0 Å². The molecule has 1 unspecified atom stereocenters. The van der Waals surface area contributed by atoms with Crippen molar-refractivity contribution in [1.82, 2.24) is 0 Å². The molecule has 0 aliphatic carbocycles. The van der Waals surface area contributed by atoms with Crippen molar-refractivity contribution in [1.29, 1.82) is 0 Å². The van der Waals surface area contributed by atoms with Crippen molar-refractivity contribution in [3.63, 3.8) is 0 Å². The number of esters is 3. The normalized spacial score (nSPS) is 12.8. The number of rotatable bonds is 34. The van der Waals surface area contributed by atoms with Crippen LogP contribution in [0.2, 0.25) is 0 Å². The van der Waals surface area contributed by atoms with E-state index in [9.17, 15) is 14.4 Å². The molecular weight excluding hydrogens is 624 g/mol. The molecule has 0 aliphatic rings. The van der Waals surface area contributed by atoms with Crippen LogP contribution in [0.4, 0.5) is 0 Å². The summed E-state index contributed by atoms with van der Waals surface area (Å²) in [6.07, 6.45) is 46.5. The van der Waals surface area contributed by atoms with Crippen LogP contribution in [0.25, 0.3) is 0 Å². The van der Waals surface area contributed by atoms with E-state index in [1.807, 2.05) is 6.08 Å². The molecule has 0 spiro atoms. The third-order valence-electron chi connectivity index (χ3n) is 7.98. The van der Waals surface area contributed by atoms with Crippen LogP contribution in [0.5, 0.6) is 0 Å². The fourth-order valence-corrected chi connectivity index (χ4v) is 4.98. The predicted molar refractivity (Wildman–Crippen MR) is 210 cm³/mol. The highest BCUT2D eigenvalue weighted by Crippen LogP contribution is 2.11. The zero-order valence-electron chi connectivity index (χ0n) is 32.1. The lowest BCUT2D eigenvalue weighted by Gasteiger charge is -2.18. The Labute approximate surface area is 306 Å². The highest BCUT2D eigenvalue weighted by molar-refractivity contribution is 5.72. The summed E-state index contributed by atoms with van der Waals surface area (Å²) in [4.78, 5) is 37.2. The second-order valence-electron chi connectivity index (χ2n) is 12.8. The average Bonchev–Trinajstić information content (AvgIpc) is 3.11. The van der Waals surface area contributed by atoms with Crippen LogP contribution in [0.15, 0.2) is 72.9 Å². The summed E-state index contributed by atoms with van der Waals surface area (Å²) in [6.45, 7) is 6.27. The molecule has 6 nitrogen and oxygen atoms in total. The topological polar surface area (TPSA) is 78.9 Å². The third-order valence-corrected chi connectivity index (χ3v) is 7.98. The summed E-state index contributed by atoms with van der Waals surface area (Å²) in [6, 6.07) is 0. The Bertz CT molecular complexity index is 986. The minimum absolute atomic E-state index is 0.111. The molecule has 50 heavy (non-hydrogen) atoms. The van der Waals surface area contributed by atoms with E-state index in [0.29, 0.717) is 12.8 Å². The first kappa shape index (κ1) is 46.9. The molecular formula is C44H72O6. The van der Waals surface area contributed by atoms with Gasteiger partial charge in [0.05, 0.1) is 6.42 Å². The lowest BCUT2D eigenvalue weighted by atomic mass is 10.1. The van der Waals surface area contributed by atoms with Gasteiger partial charge in [-0.2, -0.15) is 0 Å². The molecule has 0 fully saturated rings. The van der Waals surface area contributed by atoms with E-state index < -0.39 is 12.1 Å². The zero-order valence-corrected chi connectivity index (χ0v) is 32.1. The van der Waals surface area contributed by atoms with Crippen molar-refractivity contribution in [2.45, 2.75) is 175 Å². The van der Waals surface area contributed by atoms with Gasteiger partial charge in [0.25, 0.3) is 0 Å². The van der Waals surface area contributed by atoms with Crippen molar-refractivity contribution in [2.75, 3.05) is 13.2 Å². The third kappa shape index (κ3) is 36.1. The Balaban J connectivity index is 4.45. The molecule has 0 aromatic carbocycles. The van der Waals surface area contributed by atoms with Crippen molar-refractivity contribution in [3.8, 4) is 0 Å².